The summed E-state index contributed by atoms with van der Waals surface area (Å²) < 4.78 is 5.27. The number of nitrogens with one attached hydrogen (secondary N) is 1. The van der Waals surface area contributed by atoms with Crippen molar-refractivity contribution in [2.75, 3.05) is 27.0 Å². The number of Topliss-reactive ketones (excluding diaryl/α,β-unsaturated/α-hetero) is 1. The van der Waals surface area contributed by atoms with Gasteiger partial charge in [0.25, 0.3) is 0 Å². The zero-order valence-electron chi connectivity index (χ0n) is 9.16. The van der Waals surface area contributed by atoms with E-state index in [1.54, 1.807) is 32.0 Å². The van der Waals surface area contributed by atoms with E-state index in [0.29, 0.717) is 17.9 Å². The molecule has 0 aromatic heterocycles. The minimum atomic E-state index is 0.0465. The Morgan fingerprint density at radius 2 is 2.27 bits per heavy atom. The van der Waals surface area contributed by atoms with Gasteiger partial charge >= 0.3 is 0 Å². The molecule has 1 N–H and O–H groups in total. The van der Waals surface area contributed by atoms with Crippen LogP contribution in [0.1, 0.15) is 10.4 Å². The number of rotatable bonds is 5. The molecule has 0 atom stereocenters. The van der Waals surface area contributed by atoms with Gasteiger partial charge in [-0.2, -0.15) is 0 Å². The summed E-state index contributed by atoms with van der Waals surface area (Å²) in [7, 11) is 3.34. The van der Waals surface area contributed by atoms with Crippen LogP contribution in [0, 0.1) is 0 Å². The summed E-state index contributed by atoms with van der Waals surface area (Å²) in [5.74, 6) is 0.718. The van der Waals surface area contributed by atoms with Crippen molar-refractivity contribution in [3.63, 3.8) is 0 Å². The maximum absolute atomic E-state index is 11.7. The van der Waals surface area contributed by atoms with Gasteiger partial charge < -0.3 is 10.1 Å². The average molecular weight is 225 g/mol. The third kappa shape index (κ3) is 2.73. The van der Waals surface area contributed by atoms with E-state index in [4.69, 9.17) is 4.74 Å². The van der Waals surface area contributed by atoms with E-state index >= 15 is 0 Å². The Kier molecular flexibility index (Phi) is 4.65. The molecule has 1 aromatic carbocycles. The predicted octanol–water partition coefficient (Wildman–Crippen LogP) is 1.82. The second-order valence-corrected chi connectivity index (χ2v) is 3.84. The molecule has 0 radical (unpaired) electrons. The molecular formula is C11H15NO2S. The number of para-hydroxylation sites is 1. The van der Waals surface area contributed by atoms with Crippen LogP contribution < -0.4 is 10.1 Å². The van der Waals surface area contributed by atoms with Crippen molar-refractivity contribution in [2.24, 2.45) is 0 Å². The first-order valence-corrected chi connectivity index (χ1v) is 5.85. The van der Waals surface area contributed by atoms with Crippen molar-refractivity contribution >= 4 is 17.5 Å². The molecule has 4 heteroatoms. The van der Waals surface area contributed by atoms with Gasteiger partial charge in [0.05, 0.1) is 19.2 Å². The molecule has 0 heterocycles. The fraction of sp³-hybridized carbons (Fsp3) is 0.364. The molecule has 0 spiro atoms. The number of thioether (sulfide) groups is 1. The maximum Gasteiger partial charge on any atom is 0.180 e. The number of ketones is 1. The van der Waals surface area contributed by atoms with Crippen LogP contribution in [0.2, 0.25) is 0 Å². The number of ether oxygens (including phenoxy) is 1. The molecular weight excluding hydrogens is 210 g/mol. The summed E-state index contributed by atoms with van der Waals surface area (Å²) in [5, 5.41) is 2.84. The Morgan fingerprint density at radius 1 is 1.53 bits per heavy atom. The van der Waals surface area contributed by atoms with Gasteiger partial charge in [0.2, 0.25) is 0 Å². The fourth-order valence-electron chi connectivity index (χ4n) is 1.36. The van der Waals surface area contributed by atoms with Crippen molar-refractivity contribution in [1.29, 1.82) is 0 Å². The first-order chi connectivity index (χ1) is 7.24. The van der Waals surface area contributed by atoms with Gasteiger partial charge in [0, 0.05) is 4.90 Å². The number of carbonyl (C=O) groups excluding carboxylic acids is 1. The Hall–Kier alpha value is -1.00. The zero-order chi connectivity index (χ0) is 11.3. The molecule has 1 rings (SSSR count). The molecule has 0 aliphatic heterocycles. The first kappa shape index (κ1) is 12.1. The minimum absolute atomic E-state index is 0.0465. The van der Waals surface area contributed by atoms with Crippen LogP contribution in [0.25, 0.3) is 0 Å². The molecule has 15 heavy (non-hydrogen) atoms. The molecule has 0 aliphatic carbocycles. The van der Waals surface area contributed by atoms with Crippen LogP contribution >= 0.6 is 11.8 Å². The molecule has 0 fully saturated rings. The summed E-state index contributed by atoms with van der Waals surface area (Å²) in [4.78, 5) is 12.7. The summed E-state index contributed by atoms with van der Waals surface area (Å²) in [6.07, 6.45) is 1.96. The van der Waals surface area contributed by atoms with Crippen LogP contribution in [0.3, 0.4) is 0 Å². The highest BCUT2D eigenvalue weighted by molar-refractivity contribution is 7.98. The highest BCUT2D eigenvalue weighted by Crippen LogP contribution is 2.31. The van der Waals surface area contributed by atoms with Crippen LogP contribution in [-0.2, 0) is 0 Å². The van der Waals surface area contributed by atoms with Gasteiger partial charge in [0.1, 0.15) is 5.75 Å². The van der Waals surface area contributed by atoms with Crippen LogP contribution in [0.15, 0.2) is 23.1 Å². The van der Waals surface area contributed by atoms with Crippen molar-refractivity contribution in [3.05, 3.63) is 23.8 Å². The molecule has 0 amide bonds. The fourth-order valence-corrected chi connectivity index (χ4v) is 1.96. The monoisotopic (exact) mass is 225 g/mol. The minimum Gasteiger partial charge on any atom is -0.495 e. The Morgan fingerprint density at radius 3 is 2.80 bits per heavy atom. The van der Waals surface area contributed by atoms with Crippen molar-refractivity contribution in [2.45, 2.75) is 4.90 Å². The van der Waals surface area contributed by atoms with E-state index in [1.165, 1.54) is 0 Å². The van der Waals surface area contributed by atoms with Crippen LogP contribution in [-0.4, -0.2) is 32.7 Å². The number of hydrogen-bond donors (Lipinski definition) is 1. The molecule has 82 valence electrons. The highest BCUT2D eigenvalue weighted by atomic mass is 32.2. The number of likely N-dealkylation sites (N-methyl/N-ethyl adjacent to an activating group) is 1. The molecule has 3 nitrogen and oxygen atoms in total. The number of benzene rings is 1. The topological polar surface area (TPSA) is 38.3 Å². The molecule has 1 aromatic rings. The first-order valence-electron chi connectivity index (χ1n) is 4.63. The SMILES string of the molecule is CNCC(=O)c1cccc(SC)c1OC. The lowest BCUT2D eigenvalue weighted by Gasteiger charge is -2.10. The number of methoxy groups -OCH3 is 1. The van der Waals surface area contributed by atoms with E-state index in [-0.39, 0.29) is 5.78 Å². The van der Waals surface area contributed by atoms with Gasteiger partial charge in [-0.1, -0.05) is 6.07 Å². The third-order valence-electron chi connectivity index (χ3n) is 2.04. The number of carbonyl (C=O) groups is 1. The Balaban J connectivity index is 3.11. The lowest BCUT2D eigenvalue weighted by Crippen LogP contribution is -2.19. The summed E-state index contributed by atoms with van der Waals surface area (Å²) in [6, 6.07) is 5.61. The molecule has 0 unspecified atom stereocenters. The van der Waals surface area contributed by atoms with Crippen molar-refractivity contribution < 1.29 is 9.53 Å². The van der Waals surface area contributed by atoms with Crippen LogP contribution in [0.4, 0.5) is 0 Å². The van der Waals surface area contributed by atoms with Gasteiger partial charge in [0.15, 0.2) is 5.78 Å². The van der Waals surface area contributed by atoms with E-state index in [2.05, 4.69) is 5.32 Å². The molecule has 0 saturated carbocycles. The van der Waals surface area contributed by atoms with E-state index in [9.17, 15) is 4.79 Å². The summed E-state index contributed by atoms with van der Waals surface area (Å²) in [5.41, 5.74) is 0.638. The van der Waals surface area contributed by atoms with E-state index in [0.717, 1.165) is 4.90 Å². The maximum atomic E-state index is 11.7. The molecule has 0 saturated heterocycles. The van der Waals surface area contributed by atoms with Gasteiger partial charge in [-0.15, -0.1) is 11.8 Å². The Labute approximate surface area is 94.2 Å². The highest BCUT2D eigenvalue weighted by Gasteiger charge is 2.14. The smallest absolute Gasteiger partial charge is 0.180 e. The molecule has 0 aliphatic rings. The largest absolute Gasteiger partial charge is 0.495 e. The summed E-state index contributed by atoms with van der Waals surface area (Å²) >= 11 is 1.57. The number of hydrogen-bond acceptors (Lipinski definition) is 4. The zero-order valence-corrected chi connectivity index (χ0v) is 9.98. The van der Waals surface area contributed by atoms with Crippen molar-refractivity contribution in [3.8, 4) is 5.75 Å². The summed E-state index contributed by atoms with van der Waals surface area (Å²) in [6.45, 7) is 0.328. The third-order valence-corrected chi connectivity index (χ3v) is 2.80. The van der Waals surface area contributed by atoms with Crippen molar-refractivity contribution in [1.82, 2.24) is 5.32 Å². The van der Waals surface area contributed by atoms with Gasteiger partial charge in [-0.3, -0.25) is 4.79 Å². The van der Waals surface area contributed by atoms with Gasteiger partial charge in [-0.25, -0.2) is 0 Å². The van der Waals surface area contributed by atoms with Gasteiger partial charge in [-0.05, 0) is 25.4 Å². The normalized spacial score (nSPS) is 10.1. The predicted molar refractivity (Wildman–Crippen MR) is 63.0 cm³/mol. The van der Waals surface area contributed by atoms with E-state index < -0.39 is 0 Å². The quantitative estimate of drug-likeness (QED) is 0.613. The van der Waals surface area contributed by atoms with Crippen LogP contribution in [0.5, 0.6) is 5.75 Å². The second kappa shape index (κ2) is 5.78. The second-order valence-electron chi connectivity index (χ2n) is 2.99. The Bertz CT molecular complexity index is 352. The average Bonchev–Trinajstić information content (AvgIpc) is 2.28. The van der Waals surface area contributed by atoms with E-state index in [1.807, 2.05) is 18.4 Å². The standard InChI is InChI=1S/C11H15NO2S/c1-12-7-9(13)8-5-4-6-10(15-3)11(8)14-2/h4-6,12H,7H2,1-3H3. The lowest BCUT2D eigenvalue weighted by atomic mass is 10.1. The lowest BCUT2D eigenvalue weighted by molar-refractivity contribution is 0.0990. The molecule has 0 bridgehead atoms.